The minimum atomic E-state index is 0.934. The number of nitrogens with zero attached hydrogens (tertiary/aromatic N) is 2. The van der Waals surface area contributed by atoms with Gasteiger partial charge in [-0.3, -0.25) is 0 Å². The van der Waals surface area contributed by atoms with Crippen molar-refractivity contribution in [1.29, 1.82) is 0 Å². The van der Waals surface area contributed by atoms with Gasteiger partial charge >= 0.3 is 0 Å². The van der Waals surface area contributed by atoms with Gasteiger partial charge in [0.15, 0.2) is 5.13 Å². The van der Waals surface area contributed by atoms with E-state index in [1.807, 2.05) is 0 Å². The topological polar surface area (TPSA) is 28.2 Å². The van der Waals surface area contributed by atoms with Crippen molar-refractivity contribution in [2.24, 2.45) is 0 Å². The van der Waals surface area contributed by atoms with Crippen LogP contribution in [-0.4, -0.2) is 25.1 Å². The molecule has 1 N–H and O–H groups in total. The zero-order chi connectivity index (χ0) is 15.1. The number of aryl methyl sites for hydroxylation is 1. The molecule has 2 rings (SSSR count). The summed E-state index contributed by atoms with van der Waals surface area (Å²) in [5.74, 6) is 0. The van der Waals surface area contributed by atoms with E-state index < -0.39 is 0 Å². The highest BCUT2D eigenvalue weighted by Gasteiger charge is 2.10. The molecule has 0 fully saturated rings. The minimum Gasteiger partial charge on any atom is -0.351 e. The van der Waals surface area contributed by atoms with Crippen molar-refractivity contribution in [1.82, 2.24) is 10.3 Å². The van der Waals surface area contributed by atoms with Crippen molar-refractivity contribution < 1.29 is 0 Å². The molecule has 3 nitrogen and oxygen atoms in total. The highest BCUT2D eigenvalue weighted by molar-refractivity contribution is 7.15. The summed E-state index contributed by atoms with van der Waals surface area (Å²) in [4.78, 5) is 8.32. The monoisotopic (exact) mass is 303 g/mol. The van der Waals surface area contributed by atoms with E-state index in [2.05, 4.69) is 61.4 Å². The van der Waals surface area contributed by atoms with Crippen LogP contribution in [0.1, 0.15) is 29.5 Å². The van der Waals surface area contributed by atoms with E-state index in [9.17, 15) is 0 Å². The lowest BCUT2D eigenvalue weighted by Crippen LogP contribution is -2.20. The fourth-order valence-electron chi connectivity index (χ4n) is 2.16. The molecule has 0 aliphatic rings. The molecule has 0 amide bonds. The van der Waals surface area contributed by atoms with Crippen LogP contribution in [0.3, 0.4) is 0 Å². The molecule has 4 heteroatoms. The van der Waals surface area contributed by atoms with Crippen molar-refractivity contribution in [3.05, 3.63) is 46.5 Å². The number of nitrogens with one attached hydrogen (secondary N) is 1. The Labute approximate surface area is 132 Å². The highest BCUT2D eigenvalue weighted by Crippen LogP contribution is 2.25. The maximum Gasteiger partial charge on any atom is 0.185 e. The van der Waals surface area contributed by atoms with Gasteiger partial charge in [0, 0.05) is 25.0 Å². The molecule has 0 atom stereocenters. The summed E-state index contributed by atoms with van der Waals surface area (Å²) in [6, 6.07) is 10.6. The van der Waals surface area contributed by atoms with E-state index in [1.165, 1.54) is 16.9 Å². The van der Waals surface area contributed by atoms with Crippen LogP contribution in [-0.2, 0) is 13.0 Å². The van der Waals surface area contributed by atoms with Crippen molar-refractivity contribution in [2.75, 3.05) is 25.0 Å². The fourth-order valence-corrected chi connectivity index (χ4v) is 3.17. The third-order valence-corrected chi connectivity index (χ3v) is 4.77. The molecule has 0 radical (unpaired) electrons. The summed E-state index contributed by atoms with van der Waals surface area (Å²) in [6.07, 6.45) is 2.22. The smallest absolute Gasteiger partial charge is 0.185 e. The molecule has 0 aliphatic carbocycles. The number of benzene rings is 1. The summed E-state index contributed by atoms with van der Waals surface area (Å²) in [7, 11) is 2.13. The number of rotatable bonds is 8. The Balaban J connectivity index is 1.90. The molecule has 2 aromatic rings. The van der Waals surface area contributed by atoms with Gasteiger partial charge in [-0.1, -0.05) is 37.3 Å². The first kappa shape index (κ1) is 16.0. The van der Waals surface area contributed by atoms with Crippen LogP contribution in [0.5, 0.6) is 0 Å². The van der Waals surface area contributed by atoms with E-state index in [0.29, 0.717) is 0 Å². The van der Waals surface area contributed by atoms with Crippen LogP contribution in [0.15, 0.2) is 30.3 Å². The Morgan fingerprint density at radius 2 is 2.00 bits per heavy atom. The maximum atomic E-state index is 4.71. The molecule has 0 saturated heterocycles. The third-order valence-electron chi connectivity index (χ3n) is 3.50. The summed E-state index contributed by atoms with van der Waals surface area (Å²) >= 11 is 1.81. The Morgan fingerprint density at radius 3 is 2.71 bits per heavy atom. The van der Waals surface area contributed by atoms with Crippen LogP contribution < -0.4 is 10.2 Å². The molecule has 0 unspecified atom stereocenters. The van der Waals surface area contributed by atoms with Crippen molar-refractivity contribution in [3.8, 4) is 0 Å². The summed E-state index contributed by atoms with van der Waals surface area (Å²) in [6.45, 7) is 7.29. The van der Waals surface area contributed by atoms with Crippen LogP contribution in [0.25, 0.3) is 0 Å². The van der Waals surface area contributed by atoms with Crippen molar-refractivity contribution >= 4 is 16.5 Å². The molecule has 0 aliphatic heterocycles. The van der Waals surface area contributed by atoms with Gasteiger partial charge in [-0.15, -0.1) is 11.3 Å². The Bertz CT molecular complexity index is 536. The lowest BCUT2D eigenvalue weighted by Gasteiger charge is -2.15. The van der Waals surface area contributed by atoms with Crippen LogP contribution >= 0.6 is 11.3 Å². The van der Waals surface area contributed by atoms with E-state index in [4.69, 9.17) is 4.98 Å². The van der Waals surface area contributed by atoms with Crippen LogP contribution in [0.4, 0.5) is 5.13 Å². The van der Waals surface area contributed by atoms with Gasteiger partial charge < -0.3 is 10.2 Å². The normalized spacial score (nSPS) is 10.8. The van der Waals surface area contributed by atoms with Gasteiger partial charge in [-0.05, 0) is 31.9 Å². The quantitative estimate of drug-likeness (QED) is 0.755. The number of aromatic nitrogens is 1. The molecular formula is C17H25N3S. The Morgan fingerprint density at radius 1 is 1.24 bits per heavy atom. The van der Waals surface area contributed by atoms with E-state index in [0.717, 1.165) is 36.9 Å². The van der Waals surface area contributed by atoms with Crippen LogP contribution in [0.2, 0.25) is 0 Å². The second-order valence-electron chi connectivity index (χ2n) is 5.34. The highest BCUT2D eigenvalue weighted by atomic mass is 32.1. The van der Waals surface area contributed by atoms with E-state index in [1.54, 1.807) is 11.3 Å². The summed E-state index contributed by atoms with van der Waals surface area (Å²) in [5, 5.41) is 4.58. The first-order valence-electron chi connectivity index (χ1n) is 7.62. The molecule has 21 heavy (non-hydrogen) atoms. The third kappa shape index (κ3) is 4.83. The summed E-state index contributed by atoms with van der Waals surface area (Å²) in [5.41, 5.74) is 2.53. The second-order valence-corrected chi connectivity index (χ2v) is 6.40. The lowest BCUT2D eigenvalue weighted by atomic mass is 10.1. The predicted octanol–water partition coefficient (Wildman–Crippen LogP) is 3.63. The molecule has 1 heterocycles. The van der Waals surface area contributed by atoms with Gasteiger partial charge in [-0.25, -0.2) is 4.98 Å². The van der Waals surface area contributed by atoms with Gasteiger partial charge in [-0.2, -0.15) is 0 Å². The zero-order valence-electron chi connectivity index (χ0n) is 13.2. The van der Waals surface area contributed by atoms with Gasteiger partial charge in [0.05, 0.1) is 5.69 Å². The molecule has 1 aromatic carbocycles. The lowest BCUT2D eigenvalue weighted by molar-refractivity contribution is 0.678. The number of likely N-dealkylation sites (N-methyl/N-ethyl adjacent to an activating group) is 1. The Kier molecular flexibility index (Phi) is 6.21. The minimum absolute atomic E-state index is 0.934. The van der Waals surface area contributed by atoms with Gasteiger partial charge in [0.1, 0.15) is 0 Å². The molecule has 1 aromatic heterocycles. The molecule has 114 valence electrons. The average molecular weight is 303 g/mol. The molecule has 0 saturated carbocycles. The van der Waals surface area contributed by atoms with Crippen molar-refractivity contribution in [3.63, 3.8) is 0 Å². The zero-order valence-corrected chi connectivity index (χ0v) is 14.0. The fraction of sp³-hybridized carbons (Fsp3) is 0.471. The first-order valence-corrected chi connectivity index (χ1v) is 8.44. The van der Waals surface area contributed by atoms with E-state index in [-0.39, 0.29) is 0 Å². The molecule has 0 spiro atoms. The summed E-state index contributed by atoms with van der Waals surface area (Å²) < 4.78 is 0. The maximum absolute atomic E-state index is 4.71. The molecule has 0 bridgehead atoms. The number of hydrogen-bond acceptors (Lipinski definition) is 4. The SMILES string of the molecule is CCCNCc1sc(N(C)CCc2ccccc2)nc1C. The van der Waals surface area contributed by atoms with Gasteiger partial charge in [0.25, 0.3) is 0 Å². The second kappa shape index (κ2) is 8.15. The van der Waals surface area contributed by atoms with Crippen LogP contribution in [0, 0.1) is 6.92 Å². The first-order chi connectivity index (χ1) is 10.2. The predicted molar refractivity (Wildman–Crippen MR) is 92.3 cm³/mol. The average Bonchev–Trinajstić information content (AvgIpc) is 2.87. The largest absolute Gasteiger partial charge is 0.351 e. The number of thiazole rings is 1. The van der Waals surface area contributed by atoms with Crippen molar-refractivity contribution in [2.45, 2.75) is 33.2 Å². The van der Waals surface area contributed by atoms with Gasteiger partial charge in [0.2, 0.25) is 0 Å². The standard InChI is InChI=1S/C17H25N3S/c1-4-11-18-13-16-14(2)19-17(21-16)20(3)12-10-15-8-6-5-7-9-15/h5-9,18H,4,10-13H2,1-3H3. The number of hydrogen-bond donors (Lipinski definition) is 1. The molecular weight excluding hydrogens is 278 g/mol. The Hall–Kier alpha value is -1.39. The van der Waals surface area contributed by atoms with E-state index >= 15 is 0 Å². The number of anilines is 1.